The summed E-state index contributed by atoms with van der Waals surface area (Å²) in [6, 6.07) is 9.97. The van der Waals surface area contributed by atoms with E-state index in [0.717, 1.165) is 0 Å². The van der Waals surface area contributed by atoms with Crippen molar-refractivity contribution in [2.75, 3.05) is 0 Å². The molecule has 0 aliphatic heterocycles. The van der Waals surface area contributed by atoms with Crippen LogP contribution in [-0.2, 0) is 4.79 Å². The molecule has 0 aromatic heterocycles. The Hall–Kier alpha value is -2.05. The van der Waals surface area contributed by atoms with E-state index in [2.05, 4.69) is 31.9 Å². The highest BCUT2D eigenvalue weighted by Gasteiger charge is 2.32. The van der Waals surface area contributed by atoms with Crippen molar-refractivity contribution in [1.29, 1.82) is 0 Å². The summed E-state index contributed by atoms with van der Waals surface area (Å²) in [6.07, 6.45) is 1.46. The van der Waals surface area contributed by atoms with Crippen LogP contribution in [0.5, 0.6) is 5.75 Å². The lowest BCUT2D eigenvalue weighted by Gasteiger charge is -2.08. The van der Waals surface area contributed by atoms with Crippen LogP contribution in [0.15, 0.2) is 50.9 Å². The third-order valence-electron chi connectivity index (χ3n) is 3.51. The van der Waals surface area contributed by atoms with Gasteiger partial charge in [0.2, 0.25) is 0 Å². The highest BCUT2D eigenvalue weighted by molar-refractivity contribution is 9.13. The van der Waals surface area contributed by atoms with E-state index in [0.29, 0.717) is 25.6 Å². The van der Waals surface area contributed by atoms with Crippen molar-refractivity contribution in [3.63, 3.8) is 0 Å². The fourth-order valence-electron chi connectivity index (χ4n) is 2.46. The molecule has 0 bridgehead atoms. The second kappa shape index (κ2) is 6.45. The van der Waals surface area contributed by atoms with Crippen LogP contribution < -0.4 is 4.74 Å². The van der Waals surface area contributed by atoms with Crippen molar-refractivity contribution in [3.8, 4) is 5.75 Å². The van der Waals surface area contributed by atoms with Gasteiger partial charge >= 0.3 is 5.97 Å². The molecule has 0 N–H and O–H groups in total. The number of halogens is 2. The highest BCUT2D eigenvalue weighted by atomic mass is 79.9. The standard InChI is InChI=1S/C18H10Br2O4/c1-9(21)24-16-8-15(20)14(19)7-10(16)6-13-17(22)11-4-2-3-5-12(11)18(13)23/h2-8H,1H3. The van der Waals surface area contributed by atoms with Gasteiger partial charge in [0.25, 0.3) is 0 Å². The number of benzene rings is 2. The number of ether oxygens (including phenoxy) is 1. The molecule has 24 heavy (non-hydrogen) atoms. The summed E-state index contributed by atoms with van der Waals surface area (Å²) in [4.78, 5) is 36.3. The van der Waals surface area contributed by atoms with Crippen molar-refractivity contribution in [2.45, 2.75) is 6.92 Å². The molecule has 0 amide bonds. The molecule has 0 fully saturated rings. The Morgan fingerprint density at radius 2 is 1.54 bits per heavy atom. The number of carbonyl (C=O) groups is 3. The van der Waals surface area contributed by atoms with E-state index in [9.17, 15) is 14.4 Å². The summed E-state index contributed by atoms with van der Waals surface area (Å²) in [5.41, 5.74) is 1.29. The molecule has 3 rings (SSSR count). The summed E-state index contributed by atoms with van der Waals surface area (Å²) < 4.78 is 6.58. The van der Waals surface area contributed by atoms with Crippen LogP contribution in [0.25, 0.3) is 6.08 Å². The smallest absolute Gasteiger partial charge is 0.308 e. The first kappa shape index (κ1) is 16.8. The normalized spacial score (nSPS) is 13.0. The second-order valence-electron chi connectivity index (χ2n) is 5.16. The van der Waals surface area contributed by atoms with Gasteiger partial charge in [0.15, 0.2) is 11.6 Å². The van der Waals surface area contributed by atoms with Crippen molar-refractivity contribution < 1.29 is 19.1 Å². The first-order valence-corrected chi connectivity index (χ1v) is 8.54. The van der Waals surface area contributed by atoms with E-state index < -0.39 is 5.97 Å². The second-order valence-corrected chi connectivity index (χ2v) is 6.87. The van der Waals surface area contributed by atoms with Gasteiger partial charge in [-0.15, -0.1) is 0 Å². The Bertz CT molecular complexity index is 892. The summed E-state index contributed by atoms with van der Waals surface area (Å²) in [5.74, 6) is -0.885. The first-order chi connectivity index (χ1) is 11.4. The number of fused-ring (bicyclic) bond motifs is 1. The molecule has 4 nitrogen and oxygen atoms in total. The van der Waals surface area contributed by atoms with Gasteiger partial charge in [-0.1, -0.05) is 24.3 Å². The number of hydrogen-bond acceptors (Lipinski definition) is 4. The molecule has 0 saturated heterocycles. The van der Waals surface area contributed by atoms with E-state index in [-0.39, 0.29) is 22.9 Å². The molecule has 0 unspecified atom stereocenters. The van der Waals surface area contributed by atoms with Crippen molar-refractivity contribution in [3.05, 3.63) is 67.6 Å². The zero-order valence-corrected chi connectivity index (χ0v) is 15.6. The fourth-order valence-corrected chi connectivity index (χ4v) is 3.14. The molecule has 0 saturated carbocycles. The van der Waals surface area contributed by atoms with Gasteiger partial charge in [0, 0.05) is 32.6 Å². The molecule has 6 heteroatoms. The quantitative estimate of drug-likeness (QED) is 0.291. The number of ketones is 2. The van der Waals surface area contributed by atoms with Crippen molar-refractivity contribution in [1.82, 2.24) is 0 Å². The Kier molecular flexibility index (Phi) is 4.51. The highest BCUT2D eigenvalue weighted by Crippen LogP contribution is 2.35. The van der Waals surface area contributed by atoms with E-state index in [1.165, 1.54) is 13.0 Å². The molecule has 0 heterocycles. The van der Waals surface area contributed by atoms with Crippen LogP contribution in [0.1, 0.15) is 33.2 Å². The summed E-state index contributed by atoms with van der Waals surface area (Å²) >= 11 is 6.71. The van der Waals surface area contributed by atoms with Gasteiger partial charge < -0.3 is 4.74 Å². The minimum absolute atomic E-state index is 0.0545. The minimum atomic E-state index is -0.490. The molecular formula is C18H10Br2O4. The fraction of sp³-hybridized carbons (Fsp3) is 0.0556. The molecule has 120 valence electrons. The largest absolute Gasteiger partial charge is 0.426 e. The predicted octanol–water partition coefficient (Wildman–Crippen LogP) is 4.60. The molecule has 2 aromatic rings. The number of esters is 1. The molecule has 0 spiro atoms. The number of rotatable bonds is 2. The van der Waals surface area contributed by atoms with E-state index in [4.69, 9.17) is 4.74 Å². The maximum Gasteiger partial charge on any atom is 0.308 e. The van der Waals surface area contributed by atoms with Crippen LogP contribution in [0.2, 0.25) is 0 Å². The van der Waals surface area contributed by atoms with E-state index >= 15 is 0 Å². The predicted molar refractivity (Wildman–Crippen MR) is 96.2 cm³/mol. The Balaban J connectivity index is 2.13. The third kappa shape index (κ3) is 2.99. The van der Waals surface area contributed by atoms with E-state index in [1.54, 1.807) is 36.4 Å². The molecule has 1 aliphatic carbocycles. The lowest BCUT2D eigenvalue weighted by molar-refractivity contribution is -0.131. The average molecular weight is 450 g/mol. The topological polar surface area (TPSA) is 60.4 Å². The van der Waals surface area contributed by atoms with Crippen LogP contribution >= 0.6 is 31.9 Å². The first-order valence-electron chi connectivity index (χ1n) is 6.96. The summed E-state index contributed by atoms with van der Waals surface area (Å²) in [7, 11) is 0. The van der Waals surface area contributed by atoms with Gasteiger partial charge in [-0.05, 0) is 50.1 Å². The molecular weight excluding hydrogens is 440 g/mol. The van der Waals surface area contributed by atoms with Gasteiger partial charge in [0.05, 0.1) is 5.57 Å². The third-order valence-corrected chi connectivity index (χ3v) is 5.36. The number of Topliss-reactive ketones (excluding diaryl/α,β-unsaturated/α-hetero) is 2. The maximum absolute atomic E-state index is 12.5. The summed E-state index contributed by atoms with van der Waals surface area (Å²) in [6.45, 7) is 1.29. The van der Waals surface area contributed by atoms with Gasteiger partial charge in [0.1, 0.15) is 5.75 Å². The van der Waals surface area contributed by atoms with Crippen LogP contribution in [0, 0.1) is 0 Å². The Labute approximate surface area is 154 Å². The lowest BCUT2D eigenvalue weighted by atomic mass is 10.1. The van der Waals surface area contributed by atoms with Crippen LogP contribution in [0.4, 0.5) is 0 Å². The van der Waals surface area contributed by atoms with Crippen LogP contribution in [-0.4, -0.2) is 17.5 Å². The number of carbonyl (C=O) groups excluding carboxylic acids is 3. The molecule has 1 aliphatic rings. The SMILES string of the molecule is CC(=O)Oc1cc(Br)c(Br)cc1C=C1C(=O)c2ccccc2C1=O. The molecule has 0 radical (unpaired) electrons. The molecule has 2 aromatic carbocycles. The van der Waals surface area contributed by atoms with Crippen molar-refractivity contribution in [2.24, 2.45) is 0 Å². The number of hydrogen-bond donors (Lipinski definition) is 0. The maximum atomic E-state index is 12.5. The van der Waals surface area contributed by atoms with E-state index in [1.807, 2.05) is 0 Å². The van der Waals surface area contributed by atoms with Crippen molar-refractivity contribution >= 4 is 55.5 Å². The van der Waals surface area contributed by atoms with Gasteiger partial charge in [-0.2, -0.15) is 0 Å². The summed E-state index contributed by atoms with van der Waals surface area (Å²) in [5, 5.41) is 0. The van der Waals surface area contributed by atoms with Crippen LogP contribution in [0.3, 0.4) is 0 Å². The molecule has 0 atom stereocenters. The minimum Gasteiger partial charge on any atom is -0.426 e. The Morgan fingerprint density at radius 3 is 2.08 bits per heavy atom. The number of allylic oxidation sites excluding steroid dienone is 1. The lowest BCUT2D eigenvalue weighted by Crippen LogP contribution is -2.05. The monoisotopic (exact) mass is 448 g/mol. The van der Waals surface area contributed by atoms with Gasteiger partial charge in [-0.25, -0.2) is 0 Å². The zero-order chi connectivity index (χ0) is 17.4. The zero-order valence-electron chi connectivity index (χ0n) is 12.4. The average Bonchev–Trinajstić information content (AvgIpc) is 2.77. The Morgan fingerprint density at radius 1 is 1.00 bits per heavy atom. The van der Waals surface area contributed by atoms with Gasteiger partial charge in [-0.3, -0.25) is 14.4 Å².